The molecule has 1 aliphatic rings. The molecule has 1 saturated heterocycles. The minimum atomic E-state index is 0.176. The van der Waals surface area contributed by atoms with Gasteiger partial charge in [0.2, 0.25) is 0 Å². The van der Waals surface area contributed by atoms with Gasteiger partial charge in [0.05, 0.1) is 12.6 Å². The molecule has 1 N–H and O–H groups in total. The average Bonchev–Trinajstić information content (AvgIpc) is 2.16. The van der Waals surface area contributed by atoms with Crippen LogP contribution < -0.4 is 5.32 Å². The van der Waals surface area contributed by atoms with Crippen LogP contribution in [0, 0.1) is 11.3 Å². The SMILES string of the molecule is CC(C)(C)NCC1CCCCN1CC#N. The molecule has 0 amide bonds. The highest BCUT2D eigenvalue weighted by Gasteiger charge is 2.23. The summed E-state index contributed by atoms with van der Waals surface area (Å²) in [6.45, 7) is 9.23. The number of nitriles is 1. The summed E-state index contributed by atoms with van der Waals surface area (Å²) in [7, 11) is 0. The van der Waals surface area contributed by atoms with E-state index in [0.29, 0.717) is 12.6 Å². The number of rotatable bonds is 3. The second-order valence-electron chi connectivity index (χ2n) is 5.41. The first-order valence-electron chi connectivity index (χ1n) is 5.89. The standard InChI is InChI=1S/C12H23N3/c1-12(2,3)14-10-11-6-4-5-8-15(11)9-7-13/h11,14H,4-6,8-10H2,1-3H3. The molecule has 1 fully saturated rings. The Balaban J connectivity index is 2.40. The van der Waals surface area contributed by atoms with Crippen molar-refractivity contribution < 1.29 is 0 Å². The Morgan fingerprint density at radius 2 is 2.13 bits per heavy atom. The zero-order valence-corrected chi connectivity index (χ0v) is 10.2. The predicted octanol–water partition coefficient (Wildman–Crippen LogP) is 1.75. The Kier molecular flexibility index (Phi) is 4.56. The fraction of sp³-hybridized carbons (Fsp3) is 0.917. The number of piperidine rings is 1. The summed E-state index contributed by atoms with van der Waals surface area (Å²) in [5.41, 5.74) is 0.176. The van der Waals surface area contributed by atoms with Gasteiger partial charge in [0.25, 0.3) is 0 Å². The highest BCUT2D eigenvalue weighted by atomic mass is 15.2. The lowest BCUT2D eigenvalue weighted by molar-refractivity contribution is 0.156. The summed E-state index contributed by atoms with van der Waals surface area (Å²) < 4.78 is 0. The molecular weight excluding hydrogens is 186 g/mol. The van der Waals surface area contributed by atoms with Crippen molar-refractivity contribution in [3.63, 3.8) is 0 Å². The molecule has 1 aliphatic heterocycles. The van der Waals surface area contributed by atoms with Crippen molar-refractivity contribution in [2.45, 2.75) is 51.6 Å². The molecule has 0 aromatic heterocycles. The van der Waals surface area contributed by atoms with Gasteiger partial charge in [-0.1, -0.05) is 6.42 Å². The third-order valence-electron chi connectivity index (χ3n) is 2.89. The van der Waals surface area contributed by atoms with Gasteiger partial charge in [0, 0.05) is 18.1 Å². The van der Waals surface area contributed by atoms with Crippen molar-refractivity contribution in [2.75, 3.05) is 19.6 Å². The quantitative estimate of drug-likeness (QED) is 0.720. The molecule has 3 nitrogen and oxygen atoms in total. The number of nitrogens with zero attached hydrogens (tertiary/aromatic N) is 2. The zero-order chi connectivity index (χ0) is 11.3. The Morgan fingerprint density at radius 3 is 2.73 bits per heavy atom. The summed E-state index contributed by atoms with van der Waals surface area (Å²) in [6, 6.07) is 2.82. The fourth-order valence-electron chi connectivity index (χ4n) is 2.01. The van der Waals surface area contributed by atoms with Crippen molar-refractivity contribution in [3.05, 3.63) is 0 Å². The van der Waals surface area contributed by atoms with Gasteiger partial charge in [-0.25, -0.2) is 0 Å². The van der Waals surface area contributed by atoms with Crippen LogP contribution in [0.1, 0.15) is 40.0 Å². The van der Waals surface area contributed by atoms with Crippen LogP contribution in [-0.2, 0) is 0 Å². The molecule has 0 spiro atoms. The van der Waals surface area contributed by atoms with Crippen molar-refractivity contribution in [1.29, 1.82) is 5.26 Å². The van der Waals surface area contributed by atoms with E-state index >= 15 is 0 Å². The van der Waals surface area contributed by atoms with Crippen LogP contribution >= 0.6 is 0 Å². The number of nitrogens with one attached hydrogen (secondary N) is 1. The van der Waals surface area contributed by atoms with Crippen molar-refractivity contribution in [1.82, 2.24) is 10.2 Å². The van der Waals surface area contributed by atoms with Crippen LogP contribution in [0.3, 0.4) is 0 Å². The van der Waals surface area contributed by atoms with E-state index in [9.17, 15) is 0 Å². The monoisotopic (exact) mass is 209 g/mol. The van der Waals surface area contributed by atoms with Gasteiger partial charge >= 0.3 is 0 Å². The van der Waals surface area contributed by atoms with Gasteiger partial charge in [0.1, 0.15) is 0 Å². The maximum atomic E-state index is 8.75. The lowest BCUT2D eigenvalue weighted by Crippen LogP contribution is -2.49. The molecule has 0 bridgehead atoms. The topological polar surface area (TPSA) is 39.1 Å². The molecule has 1 atom stereocenters. The molecule has 0 aliphatic carbocycles. The molecule has 0 aromatic rings. The zero-order valence-electron chi connectivity index (χ0n) is 10.2. The first-order valence-corrected chi connectivity index (χ1v) is 5.89. The summed E-state index contributed by atoms with van der Waals surface area (Å²) in [4.78, 5) is 2.31. The molecule has 1 rings (SSSR count). The van der Waals surface area contributed by atoms with Crippen molar-refractivity contribution in [2.24, 2.45) is 0 Å². The second kappa shape index (κ2) is 5.48. The molecular formula is C12H23N3. The number of hydrogen-bond donors (Lipinski definition) is 1. The van der Waals surface area contributed by atoms with Gasteiger partial charge in [-0.05, 0) is 40.2 Å². The predicted molar refractivity (Wildman–Crippen MR) is 62.6 cm³/mol. The maximum absolute atomic E-state index is 8.75. The van der Waals surface area contributed by atoms with Crippen LogP contribution in [0.15, 0.2) is 0 Å². The van der Waals surface area contributed by atoms with Gasteiger partial charge < -0.3 is 5.32 Å². The molecule has 0 radical (unpaired) electrons. The molecule has 1 unspecified atom stereocenters. The fourth-order valence-corrected chi connectivity index (χ4v) is 2.01. The van der Waals surface area contributed by atoms with Gasteiger partial charge in [-0.3, -0.25) is 4.90 Å². The van der Waals surface area contributed by atoms with E-state index in [-0.39, 0.29) is 5.54 Å². The second-order valence-corrected chi connectivity index (χ2v) is 5.41. The summed E-state index contributed by atoms with van der Waals surface area (Å²) >= 11 is 0. The average molecular weight is 209 g/mol. The Morgan fingerprint density at radius 1 is 1.40 bits per heavy atom. The van der Waals surface area contributed by atoms with E-state index in [2.05, 4.69) is 37.1 Å². The third-order valence-corrected chi connectivity index (χ3v) is 2.89. The Bertz CT molecular complexity index is 224. The molecule has 0 aromatic carbocycles. The minimum absolute atomic E-state index is 0.176. The van der Waals surface area contributed by atoms with E-state index in [1.54, 1.807) is 0 Å². The first-order chi connectivity index (χ1) is 7.03. The van der Waals surface area contributed by atoms with E-state index in [0.717, 1.165) is 13.1 Å². The summed E-state index contributed by atoms with van der Waals surface area (Å²) in [5, 5.41) is 12.3. The van der Waals surface area contributed by atoms with E-state index < -0.39 is 0 Å². The largest absolute Gasteiger partial charge is 0.311 e. The molecule has 15 heavy (non-hydrogen) atoms. The highest BCUT2D eigenvalue weighted by Crippen LogP contribution is 2.16. The maximum Gasteiger partial charge on any atom is 0.0868 e. The van der Waals surface area contributed by atoms with Gasteiger partial charge in [-0.15, -0.1) is 0 Å². The number of likely N-dealkylation sites (tertiary alicyclic amines) is 1. The van der Waals surface area contributed by atoms with Crippen LogP contribution in [0.2, 0.25) is 0 Å². The summed E-state index contributed by atoms with van der Waals surface area (Å²) in [6.07, 6.45) is 3.77. The number of hydrogen-bond acceptors (Lipinski definition) is 3. The van der Waals surface area contributed by atoms with Crippen LogP contribution in [0.4, 0.5) is 0 Å². The van der Waals surface area contributed by atoms with Gasteiger partial charge in [-0.2, -0.15) is 5.26 Å². The van der Waals surface area contributed by atoms with Crippen LogP contribution in [0.25, 0.3) is 0 Å². The van der Waals surface area contributed by atoms with E-state index in [1.165, 1.54) is 19.3 Å². The smallest absolute Gasteiger partial charge is 0.0868 e. The minimum Gasteiger partial charge on any atom is -0.311 e. The lowest BCUT2D eigenvalue weighted by Gasteiger charge is -2.36. The molecule has 1 heterocycles. The first kappa shape index (κ1) is 12.5. The molecule has 86 valence electrons. The van der Waals surface area contributed by atoms with Crippen molar-refractivity contribution >= 4 is 0 Å². The van der Waals surface area contributed by atoms with Crippen molar-refractivity contribution in [3.8, 4) is 6.07 Å². The highest BCUT2D eigenvalue weighted by molar-refractivity contribution is 4.87. The van der Waals surface area contributed by atoms with E-state index in [1.807, 2.05) is 0 Å². The Labute approximate surface area is 93.5 Å². The molecule has 3 heteroatoms. The Hall–Kier alpha value is -0.590. The normalized spacial score (nSPS) is 23.7. The van der Waals surface area contributed by atoms with Crippen LogP contribution in [0.5, 0.6) is 0 Å². The van der Waals surface area contributed by atoms with Crippen LogP contribution in [-0.4, -0.2) is 36.1 Å². The molecule has 0 saturated carbocycles. The van der Waals surface area contributed by atoms with E-state index in [4.69, 9.17) is 5.26 Å². The third kappa shape index (κ3) is 4.63. The lowest BCUT2D eigenvalue weighted by atomic mass is 10.0. The van der Waals surface area contributed by atoms with Gasteiger partial charge in [0.15, 0.2) is 0 Å². The summed E-state index contributed by atoms with van der Waals surface area (Å²) in [5.74, 6) is 0.